The minimum Gasteiger partial charge on any atom is -0.322 e. The van der Waals surface area contributed by atoms with E-state index in [1.165, 1.54) is 0 Å². The highest BCUT2D eigenvalue weighted by molar-refractivity contribution is 6.08. The molecule has 2 N–H and O–H groups in total. The molecule has 0 aromatic heterocycles. The van der Waals surface area contributed by atoms with Crippen molar-refractivity contribution in [1.29, 1.82) is 0 Å². The second-order valence-electron chi connectivity index (χ2n) is 7.79. The summed E-state index contributed by atoms with van der Waals surface area (Å²) in [5, 5.41) is 3.67. The number of carbonyl (C=O) groups is 3. The maximum absolute atomic E-state index is 12.6. The van der Waals surface area contributed by atoms with Crippen molar-refractivity contribution in [2.45, 2.75) is 58.4 Å². The zero-order valence-corrected chi connectivity index (χ0v) is 15.2. The third kappa shape index (κ3) is 4.26. The summed E-state index contributed by atoms with van der Waals surface area (Å²) in [5.74, 6) is 0.470. The third-order valence-electron chi connectivity index (χ3n) is 5.03. The van der Waals surface area contributed by atoms with E-state index < -0.39 is 11.6 Å². The van der Waals surface area contributed by atoms with Crippen LogP contribution in [-0.4, -0.2) is 53.4 Å². The van der Waals surface area contributed by atoms with Gasteiger partial charge in [-0.15, -0.1) is 0 Å². The normalized spacial score (nSPS) is 27.2. The summed E-state index contributed by atoms with van der Waals surface area (Å²) in [4.78, 5) is 38.8. The average molecular weight is 338 g/mol. The highest BCUT2D eigenvalue weighted by Gasteiger charge is 2.52. The van der Waals surface area contributed by atoms with Crippen molar-refractivity contribution in [3.05, 3.63) is 0 Å². The van der Waals surface area contributed by atoms with Crippen molar-refractivity contribution < 1.29 is 14.4 Å². The summed E-state index contributed by atoms with van der Waals surface area (Å²) < 4.78 is 0. The molecule has 136 valence electrons. The van der Waals surface area contributed by atoms with Crippen LogP contribution in [0, 0.1) is 11.8 Å². The predicted molar refractivity (Wildman–Crippen MR) is 90.8 cm³/mol. The molecule has 0 radical (unpaired) electrons. The molecule has 2 aliphatic rings. The molecule has 0 bridgehead atoms. The first-order valence-corrected chi connectivity index (χ1v) is 8.88. The zero-order chi connectivity index (χ0) is 17.9. The fraction of sp³-hybridized carbons (Fsp3) is 0.824. The Kier molecular flexibility index (Phi) is 5.85. The van der Waals surface area contributed by atoms with Crippen molar-refractivity contribution in [3.63, 3.8) is 0 Å². The Morgan fingerprint density at radius 2 is 2.00 bits per heavy atom. The number of nitrogens with one attached hydrogen (secondary N) is 2. The van der Waals surface area contributed by atoms with Crippen LogP contribution in [0.25, 0.3) is 0 Å². The monoisotopic (exact) mass is 338 g/mol. The molecule has 7 heteroatoms. The molecule has 1 saturated carbocycles. The predicted octanol–water partition coefficient (Wildman–Crippen LogP) is 1.50. The van der Waals surface area contributed by atoms with E-state index in [1.807, 2.05) is 11.9 Å². The van der Waals surface area contributed by atoms with Crippen molar-refractivity contribution in [3.8, 4) is 0 Å². The van der Waals surface area contributed by atoms with Gasteiger partial charge in [0, 0.05) is 0 Å². The fourth-order valence-corrected chi connectivity index (χ4v) is 3.28. The molecule has 24 heavy (non-hydrogen) atoms. The summed E-state index contributed by atoms with van der Waals surface area (Å²) in [6.07, 6.45) is 4.09. The van der Waals surface area contributed by atoms with Gasteiger partial charge in [0.25, 0.3) is 11.8 Å². The largest absolute Gasteiger partial charge is 0.344 e. The number of imide groups is 1. The Balaban J connectivity index is 1.89. The lowest BCUT2D eigenvalue weighted by molar-refractivity contribution is -0.140. The number of rotatable bonds is 6. The van der Waals surface area contributed by atoms with Crippen LogP contribution in [0.4, 0.5) is 4.79 Å². The number of nitrogens with zero attached hydrogens (tertiary/aromatic N) is 2. The molecule has 1 saturated heterocycles. The van der Waals surface area contributed by atoms with E-state index in [9.17, 15) is 14.4 Å². The van der Waals surface area contributed by atoms with Crippen LogP contribution in [0.2, 0.25) is 0 Å². The number of likely N-dealkylation sites (N-methyl/N-ethyl adjacent to an activating group) is 1. The van der Waals surface area contributed by atoms with Crippen molar-refractivity contribution >= 4 is 17.8 Å². The van der Waals surface area contributed by atoms with E-state index in [-0.39, 0.29) is 18.4 Å². The number of hydrogen-bond donors (Lipinski definition) is 2. The Morgan fingerprint density at radius 3 is 2.58 bits per heavy atom. The maximum Gasteiger partial charge on any atom is 0.344 e. The first-order valence-electron chi connectivity index (χ1n) is 8.88. The topological polar surface area (TPSA) is 81.8 Å². The highest BCUT2D eigenvalue weighted by Crippen LogP contribution is 2.35. The molecule has 2 rings (SSSR count). The number of hydrogen-bond acceptors (Lipinski definition) is 4. The molecule has 1 aliphatic heterocycles. The van der Waals surface area contributed by atoms with E-state index in [4.69, 9.17) is 0 Å². The lowest BCUT2D eigenvalue weighted by Crippen LogP contribution is -2.52. The fourth-order valence-electron chi connectivity index (χ4n) is 3.28. The highest BCUT2D eigenvalue weighted by atomic mass is 16.2. The number of urea groups is 1. The van der Waals surface area contributed by atoms with Crippen molar-refractivity contribution in [2.75, 3.05) is 20.1 Å². The molecular formula is C17H30N4O3. The van der Waals surface area contributed by atoms with E-state index in [0.29, 0.717) is 24.7 Å². The van der Waals surface area contributed by atoms with Crippen LogP contribution in [-0.2, 0) is 9.59 Å². The molecule has 1 heterocycles. The maximum atomic E-state index is 12.6. The van der Waals surface area contributed by atoms with Gasteiger partial charge in [0.15, 0.2) is 0 Å². The molecule has 1 aliphatic carbocycles. The van der Waals surface area contributed by atoms with E-state index >= 15 is 0 Å². The van der Waals surface area contributed by atoms with Gasteiger partial charge in [-0.05, 0) is 57.5 Å². The summed E-state index contributed by atoms with van der Waals surface area (Å²) in [5.41, 5.74) is 1.65. The van der Waals surface area contributed by atoms with Gasteiger partial charge in [0.05, 0.1) is 6.54 Å². The Bertz CT molecular complexity index is 498. The minimum atomic E-state index is -0.819. The lowest BCUT2D eigenvalue weighted by Gasteiger charge is -2.33. The van der Waals surface area contributed by atoms with Gasteiger partial charge in [-0.2, -0.15) is 5.01 Å². The van der Waals surface area contributed by atoms with Crippen LogP contribution in [0.1, 0.15) is 52.9 Å². The first-order chi connectivity index (χ1) is 11.2. The smallest absolute Gasteiger partial charge is 0.322 e. The summed E-state index contributed by atoms with van der Waals surface area (Å²) >= 11 is 0. The van der Waals surface area contributed by atoms with Crippen LogP contribution in [0.3, 0.4) is 0 Å². The molecule has 7 nitrogen and oxygen atoms in total. The summed E-state index contributed by atoms with van der Waals surface area (Å²) in [6, 6.07) is -0.521. The summed E-state index contributed by atoms with van der Waals surface area (Å²) in [6.45, 7) is 7.37. The molecule has 0 aromatic carbocycles. The second kappa shape index (κ2) is 7.51. The number of amides is 4. The number of carbonyl (C=O) groups excluding carboxylic acids is 3. The van der Waals surface area contributed by atoms with Crippen LogP contribution in [0.5, 0.6) is 0 Å². The van der Waals surface area contributed by atoms with Crippen LogP contribution in [0.15, 0.2) is 0 Å². The molecular weight excluding hydrogens is 308 g/mol. The SMILES string of the molecule is CC(C)CCN(C)CC(=O)NN1C(=O)NC2(CCC(C)CC2)C1=O. The van der Waals surface area contributed by atoms with E-state index in [0.717, 1.165) is 30.8 Å². The Labute approximate surface area is 144 Å². The third-order valence-corrected chi connectivity index (χ3v) is 5.03. The average Bonchev–Trinajstić information content (AvgIpc) is 2.73. The van der Waals surface area contributed by atoms with Gasteiger partial charge >= 0.3 is 6.03 Å². The van der Waals surface area contributed by atoms with Crippen molar-refractivity contribution in [2.24, 2.45) is 11.8 Å². The van der Waals surface area contributed by atoms with Crippen molar-refractivity contribution in [1.82, 2.24) is 20.7 Å². The molecule has 2 fully saturated rings. The molecule has 0 atom stereocenters. The standard InChI is InChI=1S/C17H30N4O3/c1-12(2)7-10-20(4)11-14(22)19-21-15(23)17(18-16(21)24)8-5-13(3)6-9-17/h12-13H,5-11H2,1-4H3,(H,18,24)(H,19,22). The quantitative estimate of drug-likeness (QED) is 0.719. The Morgan fingerprint density at radius 1 is 1.38 bits per heavy atom. The first kappa shape index (κ1) is 18.7. The van der Waals surface area contributed by atoms with E-state index in [2.05, 4.69) is 31.5 Å². The Hall–Kier alpha value is -1.63. The van der Waals surface area contributed by atoms with Gasteiger partial charge in [0.2, 0.25) is 0 Å². The molecule has 1 spiro atoms. The lowest BCUT2D eigenvalue weighted by atomic mass is 9.77. The van der Waals surface area contributed by atoms with Gasteiger partial charge < -0.3 is 5.32 Å². The summed E-state index contributed by atoms with van der Waals surface area (Å²) in [7, 11) is 1.86. The molecule has 0 unspecified atom stereocenters. The van der Waals surface area contributed by atoms with E-state index in [1.54, 1.807) is 0 Å². The van der Waals surface area contributed by atoms with Crippen LogP contribution >= 0.6 is 0 Å². The van der Waals surface area contributed by atoms with Gasteiger partial charge in [-0.3, -0.25) is 19.9 Å². The van der Waals surface area contributed by atoms with Crippen LogP contribution < -0.4 is 10.7 Å². The van der Waals surface area contributed by atoms with Gasteiger partial charge in [0.1, 0.15) is 5.54 Å². The zero-order valence-electron chi connectivity index (χ0n) is 15.2. The molecule has 4 amide bonds. The van der Waals surface area contributed by atoms with Gasteiger partial charge in [-0.25, -0.2) is 4.79 Å². The minimum absolute atomic E-state index is 0.161. The number of hydrazine groups is 1. The molecule has 0 aromatic rings. The van der Waals surface area contributed by atoms with Gasteiger partial charge in [-0.1, -0.05) is 20.8 Å². The second-order valence-corrected chi connectivity index (χ2v) is 7.79.